The first-order valence-corrected chi connectivity index (χ1v) is 15.5. The molecule has 176 valence electrons. The lowest BCUT2D eigenvalue weighted by Gasteiger charge is -2.58. The van der Waals surface area contributed by atoms with Crippen LogP contribution in [0.1, 0.15) is 107 Å². The molecule has 31 heavy (non-hydrogen) atoms. The first kappa shape index (κ1) is 23.7. The molecule has 3 heteroatoms. The Morgan fingerprint density at radius 2 is 1.52 bits per heavy atom. The van der Waals surface area contributed by atoms with Crippen molar-refractivity contribution >= 4 is 14.1 Å². The standard InChI is InChI=1S/C28H48O2Si/c1-18(2)31(19(3)4,20(5)6)30-26-12-11-24-23-10-9-21-17-22(29)13-15-27(21,7)25(23)14-16-28(24,26)8/h17-20,23-26H,9-16H2,1-8H3/t23-,24-,25-,26-,27-,28-/m0/s1. The lowest BCUT2D eigenvalue weighted by atomic mass is 9.47. The van der Waals surface area contributed by atoms with E-state index in [0.717, 1.165) is 37.0 Å². The van der Waals surface area contributed by atoms with Gasteiger partial charge in [0.1, 0.15) is 0 Å². The summed E-state index contributed by atoms with van der Waals surface area (Å²) in [7, 11) is -1.86. The van der Waals surface area contributed by atoms with E-state index in [-0.39, 0.29) is 5.41 Å². The molecular formula is C28H48O2Si. The quantitative estimate of drug-likeness (QED) is 0.401. The van der Waals surface area contributed by atoms with Gasteiger partial charge in [0.05, 0.1) is 6.10 Å². The Hall–Kier alpha value is -0.413. The molecule has 3 fully saturated rings. The van der Waals surface area contributed by atoms with Crippen molar-refractivity contribution in [2.75, 3.05) is 0 Å². The maximum atomic E-state index is 12.1. The number of allylic oxidation sites excluding steroid dienone is 1. The third kappa shape index (κ3) is 3.47. The van der Waals surface area contributed by atoms with Crippen molar-refractivity contribution in [1.29, 1.82) is 0 Å². The molecule has 0 unspecified atom stereocenters. The van der Waals surface area contributed by atoms with E-state index in [4.69, 9.17) is 4.43 Å². The second kappa shape index (κ2) is 8.11. The normalized spacial score (nSPS) is 40.7. The molecule has 0 aromatic carbocycles. The molecule has 0 saturated heterocycles. The van der Waals surface area contributed by atoms with E-state index in [2.05, 4.69) is 55.4 Å². The first-order valence-electron chi connectivity index (χ1n) is 13.4. The molecule has 0 bridgehead atoms. The van der Waals surface area contributed by atoms with E-state index in [9.17, 15) is 4.79 Å². The summed E-state index contributed by atoms with van der Waals surface area (Å²) in [6, 6.07) is 0. The van der Waals surface area contributed by atoms with Crippen LogP contribution in [0.3, 0.4) is 0 Å². The van der Waals surface area contributed by atoms with Gasteiger partial charge in [0.25, 0.3) is 0 Å². The number of carbonyl (C=O) groups excluding carboxylic acids is 1. The van der Waals surface area contributed by atoms with Crippen LogP contribution >= 0.6 is 0 Å². The number of hydrogen-bond donors (Lipinski definition) is 0. The summed E-state index contributed by atoms with van der Waals surface area (Å²) < 4.78 is 7.46. The van der Waals surface area contributed by atoms with Crippen LogP contribution in [0, 0.1) is 28.6 Å². The highest BCUT2D eigenvalue weighted by molar-refractivity contribution is 6.77. The maximum Gasteiger partial charge on any atom is 0.200 e. The van der Waals surface area contributed by atoms with Gasteiger partial charge in [-0.2, -0.15) is 0 Å². The monoisotopic (exact) mass is 444 g/mol. The molecule has 0 amide bonds. The molecule has 2 nitrogen and oxygen atoms in total. The van der Waals surface area contributed by atoms with E-state index < -0.39 is 8.32 Å². The van der Waals surface area contributed by atoms with Crippen molar-refractivity contribution in [3.8, 4) is 0 Å². The minimum absolute atomic E-state index is 0.281. The number of rotatable bonds is 5. The van der Waals surface area contributed by atoms with Gasteiger partial charge >= 0.3 is 0 Å². The fourth-order valence-electron chi connectivity index (χ4n) is 9.36. The average Bonchev–Trinajstić information content (AvgIpc) is 3.01. The number of fused-ring (bicyclic) bond motifs is 5. The Morgan fingerprint density at radius 3 is 2.13 bits per heavy atom. The lowest BCUT2D eigenvalue weighted by Crippen LogP contribution is -2.55. The van der Waals surface area contributed by atoms with Gasteiger partial charge in [-0.25, -0.2) is 0 Å². The highest BCUT2D eigenvalue weighted by atomic mass is 28.4. The van der Waals surface area contributed by atoms with E-state index >= 15 is 0 Å². The van der Waals surface area contributed by atoms with E-state index in [0.29, 0.717) is 33.9 Å². The summed E-state index contributed by atoms with van der Waals surface area (Å²) in [5.41, 5.74) is 4.10. The molecule has 0 radical (unpaired) electrons. The minimum Gasteiger partial charge on any atom is -0.413 e. The number of hydrogen-bond acceptors (Lipinski definition) is 2. The van der Waals surface area contributed by atoms with Crippen molar-refractivity contribution in [3.05, 3.63) is 11.6 Å². The van der Waals surface area contributed by atoms with Gasteiger partial charge in [0.2, 0.25) is 8.32 Å². The number of carbonyl (C=O) groups is 1. The van der Waals surface area contributed by atoms with Gasteiger partial charge < -0.3 is 4.43 Å². The van der Waals surface area contributed by atoms with Crippen LogP contribution in [-0.4, -0.2) is 20.2 Å². The molecule has 4 aliphatic carbocycles. The smallest absolute Gasteiger partial charge is 0.200 e. The lowest BCUT2D eigenvalue weighted by molar-refractivity contribution is -0.117. The summed E-state index contributed by atoms with van der Waals surface area (Å²) in [6.07, 6.45) is 12.1. The first-order chi connectivity index (χ1) is 14.5. The van der Waals surface area contributed by atoms with Gasteiger partial charge in [-0.3, -0.25) is 4.79 Å². The van der Waals surface area contributed by atoms with Crippen molar-refractivity contribution < 1.29 is 9.22 Å². The molecule has 0 N–H and O–H groups in total. The summed E-state index contributed by atoms with van der Waals surface area (Å²) in [6.45, 7) is 19.7. The maximum absolute atomic E-state index is 12.1. The topological polar surface area (TPSA) is 26.3 Å². The van der Waals surface area contributed by atoms with Crippen LogP contribution in [-0.2, 0) is 9.22 Å². The molecule has 0 heterocycles. The van der Waals surface area contributed by atoms with Crippen LogP contribution in [0.4, 0.5) is 0 Å². The van der Waals surface area contributed by atoms with Crippen molar-refractivity contribution in [2.24, 2.45) is 28.6 Å². The van der Waals surface area contributed by atoms with E-state index in [1.807, 2.05) is 6.08 Å². The molecule has 0 aromatic heterocycles. The molecule has 0 spiro atoms. The van der Waals surface area contributed by atoms with Gasteiger partial charge in [-0.15, -0.1) is 0 Å². The third-order valence-corrected chi connectivity index (χ3v) is 17.0. The van der Waals surface area contributed by atoms with Crippen molar-refractivity contribution in [1.82, 2.24) is 0 Å². The van der Waals surface area contributed by atoms with E-state index in [1.165, 1.54) is 37.7 Å². The Labute approximate surface area is 193 Å². The van der Waals surface area contributed by atoms with Crippen LogP contribution in [0.25, 0.3) is 0 Å². The third-order valence-electron chi connectivity index (χ3n) is 10.9. The summed E-state index contributed by atoms with van der Waals surface area (Å²) in [5.74, 6) is 2.79. The van der Waals surface area contributed by atoms with Gasteiger partial charge in [0, 0.05) is 6.42 Å². The Morgan fingerprint density at radius 1 is 0.871 bits per heavy atom. The van der Waals surface area contributed by atoms with Crippen LogP contribution in [0.5, 0.6) is 0 Å². The molecule has 0 aromatic rings. The van der Waals surface area contributed by atoms with Gasteiger partial charge in [-0.1, -0.05) is 61.0 Å². The molecule has 4 rings (SSSR count). The fraction of sp³-hybridized carbons (Fsp3) is 0.893. The zero-order valence-electron chi connectivity index (χ0n) is 21.6. The summed E-state index contributed by atoms with van der Waals surface area (Å²) in [5, 5.41) is 0. The zero-order chi connectivity index (χ0) is 22.8. The Bertz CT molecular complexity index is 716. The molecule has 3 saturated carbocycles. The zero-order valence-corrected chi connectivity index (χ0v) is 22.6. The number of ketones is 1. The largest absolute Gasteiger partial charge is 0.413 e. The molecule has 0 aliphatic heterocycles. The van der Waals surface area contributed by atoms with E-state index in [1.54, 1.807) is 0 Å². The summed E-state index contributed by atoms with van der Waals surface area (Å²) >= 11 is 0. The Kier molecular flexibility index (Phi) is 6.21. The predicted molar refractivity (Wildman–Crippen MR) is 133 cm³/mol. The minimum atomic E-state index is -1.86. The SMILES string of the molecule is CC(C)[Si](O[C@H]1CC[C@H]2[C@@H]3CCC4=CC(=O)CC[C@]4(C)[C@H]3CC[C@]12C)(C(C)C)C(C)C. The van der Waals surface area contributed by atoms with Crippen molar-refractivity contribution in [2.45, 2.75) is 129 Å². The fourth-order valence-corrected chi connectivity index (χ4v) is 15.1. The second-order valence-electron chi connectivity index (χ2n) is 13.0. The highest BCUT2D eigenvalue weighted by Gasteiger charge is 2.61. The van der Waals surface area contributed by atoms with Crippen molar-refractivity contribution in [3.63, 3.8) is 0 Å². The van der Waals surface area contributed by atoms with Crippen LogP contribution in [0.15, 0.2) is 11.6 Å². The van der Waals surface area contributed by atoms with Gasteiger partial charge in [-0.05, 0) is 96.2 Å². The molecule has 6 atom stereocenters. The Balaban J connectivity index is 1.60. The second-order valence-corrected chi connectivity index (χ2v) is 18.4. The molecule has 4 aliphatic rings. The summed E-state index contributed by atoms with van der Waals surface area (Å²) in [4.78, 5) is 12.1. The molecular weight excluding hydrogens is 396 g/mol. The predicted octanol–water partition coefficient (Wildman–Crippen LogP) is 8.08. The van der Waals surface area contributed by atoms with Crippen LogP contribution in [0.2, 0.25) is 16.6 Å². The van der Waals surface area contributed by atoms with Gasteiger partial charge in [0.15, 0.2) is 5.78 Å². The highest BCUT2D eigenvalue weighted by Crippen LogP contribution is 2.66. The average molecular weight is 445 g/mol. The van der Waals surface area contributed by atoms with Crippen LogP contribution < -0.4 is 0 Å².